The predicted octanol–water partition coefficient (Wildman–Crippen LogP) is 6.64. The van der Waals surface area contributed by atoms with Crippen LogP contribution >= 0.6 is 0 Å². The third kappa shape index (κ3) is 5.41. The second-order valence-electron chi connectivity index (χ2n) is 9.06. The number of carbonyl (C=O) groups excluding carboxylic acids is 1. The summed E-state index contributed by atoms with van der Waals surface area (Å²) in [5.41, 5.74) is 10.5. The van der Waals surface area contributed by atoms with E-state index in [0.717, 1.165) is 44.8 Å². The van der Waals surface area contributed by atoms with E-state index in [9.17, 15) is 9.90 Å². The van der Waals surface area contributed by atoms with Crippen molar-refractivity contribution >= 4 is 17.2 Å². The number of carbonyl (C=O) groups is 1. The van der Waals surface area contributed by atoms with Crippen molar-refractivity contribution in [3.05, 3.63) is 112 Å². The normalized spacial score (nSPS) is 10.9. The van der Waals surface area contributed by atoms with E-state index in [1.165, 1.54) is 11.1 Å². The molecule has 0 aliphatic heterocycles. The first-order valence-electron chi connectivity index (χ1n) is 11.5. The van der Waals surface area contributed by atoms with Crippen LogP contribution in [-0.4, -0.2) is 15.9 Å². The van der Waals surface area contributed by atoms with Gasteiger partial charge in [0.05, 0.1) is 12.3 Å². The van der Waals surface area contributed by atoms with Gasteiger partial charge in [-0.05, 0) is 63.1 Å². The zero-order valence-electron chi connectivity index (χ0n) is 20.1. The lowest BCUT2D eigenvalue weighted by Crippen LogP contribution is -2.08. The van der Waals surface area contributed by atoms with Crippen LogP contribution in [0.15, 0.2) is 73.1 Å². The lowest BCUT2D eigenvalue weighted by molar-refractivity contribution is 0.0993. The molecule has 0 fully saturated rings. The number of aryl methyl sites for hydroxylation is 4. The average molecular weight is 451 g/mol. The first-order chi connectivity index (χ1) is 16.3. The molecule has 2 N–H and O–H groups in total. The van der Waals surface area contributed by atoms with E-state index in [0.29, 0.717) is 5.56 Å². The number of hydrogen-bond donors (Lipinski definition) is 2. The highest BCUT2D eigenvalue weighted by Crippen LogP contribution is 2.34. The molecule has 0 atom stereocenters. The van der Waals surface area contributed by atoms with Gasteiger partial charge in [-0.3, -0.25) is 9.78 Å². The van der Waals surface area contributed by atoms with Gasteiger partial charge in [0.25, 0.3) is 0 Å². The number of Topliss-reactive ketones (excluding diaryl/α,β-unsaturated/α-hetero) is 1. The summed E-state index contributed by atoms with van der Waals surface area (Å²) in [6.45, 7) is 8.14. The number of anilines is 2. The summed E-state index contributed by atoms with van der Waals surface area (Å²) in [6, 6.07) is 20.0. The molecule has 4 aromatic rings. The Bertz CT molecular complexity index is 1320. The fourth-order valence-electron chi connectivity index (χ4n) is 4.44. The minimum absolute atomic E-state index is 0.0339. The van der Waals surface area contributed by atoms with E-state index in [1.807, 2.05) is 56.4 Å². The van der Waals surface area contributed by atoms with Gasteiger partial charge in [-0.25, -0.2) is 0 Å². The molecule has 0 bridgehead atoms. The second kappa shape index (κ2) is 10.0. The van der Waals surface area contributed by atoms with Gasteiger partial charge in [-0.15, -0.1) is 0 Å². The Hall–Kier alpha value is -3.76. The fourth-order valence-corrected chi connectivity index (χ4v) is 4.44. The summed E-state index contributed by atoms with van der Waals surface area (Å²) >= 11 is 0. The summed E-state index contributed by atoms with van der Waals surface area (Å²) in [5.74, 6) is 0.0540. The Balaban J connectivity index is 1.81. The highest BCUT2D eigenvalue weighted by Gasteiger charge is 2.17. The molecule has 1 aromatic heterocycles. The first-order valence-corrected chi connectivity index (χ1v) is 11.5. The Morgan fingerprint density at radius 3 is 2.15 bits per heavy atom. The molecule has 0 saturated carbocycles. The van der Waals surface area contributed by atoms with Crippen LogP contribution < -0.4 is 5.32 Å². The Morgan fingerprint density at radius 2 is 1.50 bits per heavy atom. The zero-order chi connectivity index (χ0) is 24.2. The highest BCUT2D eigenvalue weighted by atomic mass is 16.3. The number of benzene rings is 3. The molecule has 3 aromatic carbocycles. The molecule has 34 heavy (non-hydrogen) atoms. The van der Waals surface area contributed by atoms with Crippen LogP contribution in [0.4, 0.5) is 11.4 Å². The van der Waals surface area contributed by atoms with E-state index < -0.39 is 0 Å². The Labute approximate surface area is 201 Å². The van der Waals surface area contributed by atoms with Crippen molar-refractivity contribution in [2.45, 2.75) is 40.7 Å². The molecular formula is C30H30N2O2. The van der Waals surface area contributed by atoms with Crippen molar-refractivity contribution in [3.63, 3.8) is 0 Å². The van der Waals surface area contributed by atoms with Crippen LogP contribution in [0.5, 0.6) is 0 Å². The van der Waals surface area contributed by atoms with Gasteiger partial charge in [0.15, 0.2) is 5.78 Å². The largest absolute Gasteiger partial charge is 0.392 e. The summed E-state index contributed by atoms with van der Waals surface area (Å²) in [7, 11) is 0. The number of hydrogen-bond acceptors (Lipinski definition) is 4. The number of pyridine rings is 1. The zero-order valence-corrected chi connectivity index (χ0v) is 20.1. The fraction of sp³-hybridized carbons (Fsp3) is 0.200. The monoisotopic (exact) mass is 450 g/mol. The van der Waals surface area contributed by atoms with E-state index >= 15 is 0 Å². The van der Waals surface area contributed by atoms with Gasteiger partial charge < -0.3 is 10.4 Å². The quantitative estimate of drug-likeness (QED) is 0.310. The maximum absolute atomic E-state index is 13.3. The van der Waals surface area contributed by atoms with Crippen molar-refractivity contribution in [2.75, 3.05) is 5.32 Å². The predicted molar refractivity (Wildman–Crippen MR) is 139 cm³/mol. The maximum atomic E-state index is 13.3. The molecule has 0 aliphatic carbocycles. The molecule has 172 valence electrons. The van der Waals surface area contributed by atoms with Gasteiger partial charge in [-0.2, -0.15) is 0 Å². The maximum Gasteiger partial charge on any atom is 0.167 e. The van der Waals surface area contributed by atoms with Crippen LogP contribution in [-0.2, 0) is 13.0 Å². The van der Waals surface area contributed by atoms with Gasteiger partial charge in [0.2, 0.25) is 0 Å². The number of ketones is 1. The summed E-state index contributed by atoms with van der Waals surface area (Å²) in [5, 5.41) is 13.1. The minimum Gasteiger partial charge on any atom is -0.392 e. The molecule has 4 heteroatoms. The van der Waals surface area contributed by atoms with E-state index in [-0.39, 0.29) is 18.8 Å². The molecular weight excluding hydrogens is 420 g/mol. The Morgan fingerprint density at radius 1 is 0.853 bits per heavy atom. The van der Waals surface area contributed by atoms with Crippen LogP contribution in [0.2, 0.25) is 0 Å². The molecule has 0 aliphatic rings. The number of nitrogens with one attached hydrogen (secondary N) is 1. The van der Waals surface area contributed by atoms with Crippen molar-refractivity contribution in [1.29, 1.82) is 0 Å². The first kappa shape index (κ1) is 23.4. The summed E-state index contributed by atoms with van der Waals surface area (Å²) < 4.78 is 0. The van der Waals surface area contributed by atoms with Crippen molar-refractivity contribution in [2.24, 2.45) is 0 Å². The molecule has 4 nitrogen and oxygen atoms in total. The third-order valence-corrected chi connectivity index (χ3v) is 5.83. The van der Waals surface area contributed by atoms with E-state index in [4.69, 9.17) is 0 Å². The third-order valence-electron chi connectivity index (χ3n) is 5.83. The number of aliphatic hydroxyl groups excluding tert-OH is 1. The SMILES string of the molecule is Cc1cc(C)cc(C(=O)Cc2cncc(-c3cc(C)cc(C)c3)c2Nc2cccc(CO)c2)c1. The lowest BCUT2D eigenvalue weighted by Gasteiger charge is -2.18. The average Bonchev–Trinajstić information content (AvgIpc) is 2.79. The molecule has 0 radical (unpaired) electrons. The van der Waals surface area contributed by atoms with Crippen molar-refractivity contribution in [3.8, 4) is 11.1 Å². The Kier molecular flexibility index (Phi) is 6.90. The van der Waals surface area contributed by atoms with Crippen LogP contribution in [0.1, 0.15) is 43.7 Å². The minimum atomic E-state index is -0.0339. The summed E-state index contributed by atoms with van der Waals surface area (Å²) in [6.07, 6.45) is 3.85. The van der Waals surface area contributed by atoms with Crippen LogP contribution in [0.25, 0.3) is 11.1 Å². The van der Waals surface area contributed by atoms with Gasteiger partial charge in [-0.1, -0.05) is 58.7 Å². The van der Waals surface area contributed by atoms with E-state index in [2.05, 4.69) is 48.4 Å². The highest BCUT2D eigenvalue weighted by molar-refractivity contribution is 5.99. The van der Waals surface area contributed by atoms with Gasteiger partial charge >= 0.3 is 0 Å². The lowest BCUT2D eigenvalue weighted by atomic mass is 9.95. The van der Waals surface area contributed by atoms with Crippen LogP contribution in [0, 0.1) is 27.7 Å². The van der Waals surface area contributed by atoms with E-state index in [1.54, 1.807) is 6.20 Å². The number of rotatable bonds is 7. The summed E-state index contributed by atoms with van der Waals surface area (Å²) in [4.78, 5) is 17.8. The number of nitrogens with zero attached hydrogens (tertiary/aromatic N) is 1. The van der Waals surface area contributed by atoms with Gasteiger partial charge in [0.1, 0.15) is 0 Å². The molecule has 0 spiro atoms. The molecule has 0 unspecified atom stereocenters. The smallest absolute Gasteiger partial charge is 0.167 e. The second-order valence-corrected chi connectivity index (χ2v) is 9.06. The van der Waals surface area contributed by atoms with Crippen molar-refractivity contribution in [1.82, 2.24) is 4.98 Å². The molecule has 4 rings (SSSR count). The number of aromatic nitrogens is 1. The van der Waals surface area contributed by atoms with Gasteiger partial charge in [0, 0.05) is 41.2 Å². The molecule has 0 saturated heterocycles. The van der Waals surface area contributed by atoms with Crippen molar-refractivity contribution < 1.29 is 9.90 Å². The standard InChI is InChI=1S/C30H30N2O2/c1-19-8-20(2)11-24(10-19)28-17-31-16-26(15-29(34)25-12-21(3)9-22(4)13-25)30(28)32-27-7-5-6-23(14-27)18-33/h5-14,16-17,33H,15,18H2,1-4H3,(H,31,32). The topological polar surface area (TPSA) is 62.2 Å². The van der Waals surface area contributed by atoms with Crippen LogP contribution in [0.3, 0.4) is 0 Å². The molecule has 0 amide bonds. The number of aliphatic hydroxyl groups is 1. The molecule has 1 heterocycles.